The average molecular weight is 266 g/mol. The maximum atomic E-state index is 9.18. The maximum Gasteiger partial charge on any atom is 0.145 e. The van der Waals surface area contributed by atoms with Crippen molar-refractivity contribution in [3.8, 4) is 17.6 Å². The summed E-state index contributed by atoms with van der Waals surface area (Å²) in [6, 6.07) is 15.7. The fourth-order valence-corrected chi connectivity index (χ4v) is 2.01. The third-order valence-corrected chi connectivity index (χ3v) is 2.88. The number of nitrogens with zero attached hydrogens (tertiary/aromatic N) is 2. The van der Waals surface area contributed by atoms with Gasteiger partial charge in [0, 0.05) is 6.54 Å². The van der Waals surface area contributed by atoms with Gasteiger partial charge in [-0.1, -0.05) is 18.2 Å². The Bertz CT molecular complexity index is 642. The molecule has 0 heterocycles. The van der Waals surface area contributed by atoms with Gasteiger partial charge in [0.2, 0.25) is 0 Å². The molecule has 0 aromatic heterocycles. The van der Waals surface area contributed by atoms with Crippen LogP contribution in [0.3, 0.4) is 0 Å². The van der Waals surface area contributed by atoms with E-state index in [2.05, 4.69) is 11.0 Å². The van der Waals surface area contributed by atoms with E-state index in [1.54, 1.807) is 0 Å². The third-order valence-electron chi connectivity index (χ3n) is 2.88. The zero-order chi connectivity index (χ0) is 14.5. The molecule has 2 aromatic rings. The molecule has 0 saturated heterocycles. The highest BCUT2D eigenvalue weighted by atomic mass is 16.5. The van der Waals surface area contributed by atoms with Crippen LogP contribution in [-0.4, -0.2) is 19.0 Å². The molecule has 0 fully saturated rings. The molecule has 0 saturated carbocycles. The van der Waals surface area contributed by atoms with E-state index < -0.39 is 0 Å². The molecule has 0 aliphatic carbocycles. The predicted molar refractivity (Wildman–Crippen MR) is 79.8 cm³/mol. The maximum absolute atomic E-state index is 9.18. The van der Waals surface area contributed by atoms with E-state index in [0.29, 0.717) is 11.3 Å². The SMILES string of the molecule is Cc1cccc(Oc2cc(CN(C)C)ccc2C#N)c1. The van der Waals surface area contributed by atoms with Gasteiger partial charge in [0.15, 0.2) is 0 Å². The Morgan fingerprint density at radius 3 is 2.60 bits per heavy atom. The average Bonchev–Trinajstić information content (AvgIpc) is 2.38. The number of aryl methyl sites for hydroxylation is 1. The van der Waals surface area contributed by atoms with Gasteiger partial charge in [0.25, 0.3) is 0 Å². The summed E-state index contributed by atoms with van der Waals surface area (Å²) in [6.45, 7) is 2.83. The lowest BCUT2D eigenvalue weighted by atomic mass is 10.1. The highest BCUT2D eigenvalue weighted by molar-refractivity contribution is 5.47. The molecule has 0 spiro atoms. The lowest BCUT2D eigenvalue weighted by molar-refractivity contribution is 0.401. The number of ether oxygens (including phenoxy) is 1. The van der Waals surface area contributed by atoms with Crippen molar-refractivity contribution in [3.63, 3.8) is 0 Å². The highest BCUT2D eigenvalue weighted by Gasteiger charge is 2.07. The Balaban J connectivity index is 2.31. The second kappa shape index (κ2) is 6.23. The molecule has 3 heteroatoms. The number of rotatable bonds is 4. The summed E-state index contributed by atoms with van der Waals surface area (Å²) in [6.07, 6.45) is 0. The summed E-state index contributed by atoms with van der Waals surface area (Å²) < 4.78 is 5.86. The van der Waals surface area contributed by atoms with Crippen molar-refractivity contribution in [1.82, 2.24) is 4.90 Å². The van der Waals surface area contributed by atoms with Crippen molar-refractivity contribution in [2.75, 3.05) is 14.1 Å². The summed E-state index contributed by atoms with van der Waals surface area (Å²) >= 11 is 0. The van der Waals surface area contributed by atoms with Gasteiger partial charge < -0.3 is 9.64 Å². The standard InChI is InChI=1S/C17H18N2O/c1-13-5-4-6-16(9-13)20-17-10-14(12-19(2)3)7-8-15(17)11-18/h4-10H,12H2,1-3H3. The number of hydrogen-bond acceptors (Lipinski definition) is 3. The minimum atomic E-state index is 0.550. The van der Waals surface area contributed by atoms with Gasteiger partial charge in [-0.05, 0) is 56.4 Å². The highest BCUT2D eigenvalue weighted by Crippen LogP contribution is 2.27. The van der Waals surface area contributed by atoms with E-state index >= 15 is 0 Å². The topological polar surface area (TPSA) is 36.3 Å². The second-order valence-electron chi connectivity index (χ2n) is 5.10. The molecule has 20 heavy (non-hydrogen) atoms. The Morgan fingerprint density at radius 1 is 1.15 bits per heavy atom. The summed E-state index contributed by atoms with van der Waals surface area (Å²) in [5.74, 6) is 1.36. The van der Waals surface area contributed by atoms with Crippen LogP contribution in [0.25, 0.3) is 0 Å². The summed E-state index contributed by atoms with van der Waals surface area (Å²) in [5, 5.41) is 9.18. The predicted octanol–water partition coefficient (Wildman–Crippen LogP) is 3.72. The van der Waals surface area contributed by atoms with Gasteiger partial charge in [0.1, 0.15) is 17.6 Å². The molecule has 0 atom stereocenters. The molecule has 3 nitrogen and oxygen atoms in total. The van der Waals surface area contributed by atoms with E-state index in [1.807, 2.05) is 63.5 Å². The van der Waals surface area contributed by atoms with E-state index in [4.69, 9.17) is 4.74 Å². The summed E-state index contributed by atoms with van der Waals surface area (Å²) in [7, 11) is 4.03. The normalized spacial score (nSPS) is 10.3. The molecule has 0 aliphatic heterocycles. The molecule has 2 rings (SSSR count). The Labute approximate surface area is 120 Å². The van der Waals surface area contributed by atoms with E-state index in [-0.39, 0.29) is 0 Å². The van der Waals surface area contributed by atoms with Crippen LogP contribution < -0.4 is 4.74 Å². The number of benzene rings is 2. The molecule has 2 aromatic carbocycles. The minimum Gasteiger partial charge on any atom is -0.456 e. The van der Waals surface area contributed by atoms with E-state index in [0.717, 1.165) is 23.4 Å². The molecular weight excluding hydrogens is 248 g/mol. The van der Waals surface area contributed by atoms with Gasteiger partial charge in [-0.3, -0.25) is 0 Å². The molecule has 0 amide bonds. The van der Waals surface area contributed by atoms with Crippen LogP contribution in [0.2, 0.25) is 0 Å². The summed E-state index contributed by atoms with van der Waals surface area (Å²) in [5.41, 5.74) is 2.80. The lowest BCUT2D eigenvalue weighted by Crippen LogP contribution is -2.10. The van der Waals surface area contributed by atoms with E-state index in [1.165, 1.54) is 0 Å². The van der Waals surface area contributed by atoms with Crippen LogP contribution in [0, 0.1) is 18.3 Å². The number of hydrogen-bond donors (Lipinski definition) is 0. The first-order valence-corrected chi connectivity index (χ1v) is 6.51. The van der Waals surface area contributed by atoms with Gasteiger partial charge in [-0.15, -0.1) is 0 Å². The van der Waals surface area contributed by atoms with Gasteiger partial charge in [-0.2, -0.15) is 5.26 Å². The first-order chi connectivity index (χ1) is 9.58. The second-order valence-corrected chi connectivity index (χ2v) is 5.10. The summed E-state index contributed by atoms with van der Waals surface area (Å²) in [4.78, 5) is 2.08. The molecular formula is C17H18N2O. The fraction of sp³-hybridized carbons (Fsp3) is 0.235. The monoisotopic (exact) mass is 266 g/mol. The fourth-order valence-electron chi connectivity index (χ4n) is 2.01. The minimum absolute atomic E-state index is 0.550. The first kappa shape index (κ1) is 14.1. The van der Waals surface area contributed by atoms with Crippen LogP contribution in [-0.2, 0) is 6.54 Å². The smallest absolute Gasteiger partial charge is 0.145 e. The van der Waals surface area contributed by atoms with Gasteiger partial charge in [-0.25, -0.2) is 0 Å². The van der Waals surface area contributed by atoms with Crippen LogP contribution >= 0.6 is 0 Å². The first-order valence-electron chi connectivity index (χ1n) is 6.51. The molecule has 0 radical (unpaired) electrons. The number of nitriles is 1. The third kappa shape index (κ3) is 3.59. The van der Waals surface area contributed by atoms with Crippen molar-refractivity contribution in [2.45, 2.75) is 13.5 Å². The lowest BCUT2D eigenvalue weighted by Gasteiger charge is -2.13. The molecule has 102 valence electrons. The molecule has 0 N–H and O–H groups in total. The Hall–Kier alpha value is -2.31. The zero-order valence-electron chi connectivity index (χ0n) is 12.1. The molecule has 0 aliphatic rings. The van der Waals surface area contributed by atoms with Crippen molar-refractivity contribution in [2.24, 2.45) is 0 Å². The largest absolute Gasteiger partial charge is 0.456 e. The van der Waals surface area contributed by atoms with E-state index in [9.17, 15) is 5.26 Å². The van der Waals surface area contributed by atoms with Crippen molar-refractivity contribution < 1.29 is 4.74 Å². The Morgan fingerprint density at radius 2 is 1.95 bits per heavy atom. The zero-order valence-corrected chi connectivity index (χ0v) is 12.1. The quantitative estimate of drug-likeness (QED) is 0.846. The van der Waals surface area contributed by atoms with Crippen LogP contribution in [0.5, 0.6) is 11.5 Å². The molecule has 0 bridgehead atoms. The van der Waals surface area contributed by atoms with Crippen molar-refractivity contribution in [1.29, 1.82) is 5.26 Å². The van der Waals surface area contributed by atoms with Crippen molar-refractivity contribution in [3.05, 3.63) is 59.2 Å². The molecule has 0 unspecified atom stereocenters. The van der Waals surface area contributed by atoms with Gasteiger partial charge >= 0.3 is 0 Å². The van der Waals surface area contributed by atoms with Crippen LogP contribution in [0.4, 0.5) is 0 Å². The van der Waals surface area contributed by atoms with Crippen LogP contribution in [0.15, 0.2) is 42.5 Å². The van der Waals surface area contributed by atoms with Gasteiger partial charge in [0.05, 0.1) is 5.56 Å². The Kier molecular flexibility index (Phi) is 4.39. The van der Waals surface area contributed by atoms with Crippen molar-refractivity contribution >= 4 is 0 Å². The van der Waals surface area contributed by atoms with Crippen LogP contribution in [0.1, 0.15) is 16.7 Å².